The zero-order chi connectivity index (χ0) is 19.2. The van der Waals surface area contributed by atoms with Crippen molar-refractivity contribution in [1.29, 1.82) is 0 Å². The lowest BCUT2D eigenvalue weighted by molar-refractivity contribution is -0.384. The average Bonchev–Trinajstić information content (AvgIpc) is 3.00. The molecule has 27 heavy (non-hydrogen) atoms. The van der Waals surface area contributed by atoms with Crippen molar-refractivity contribution in [3.63, 3.8) is 0 Å². The van der Waals surface area contributed by atoms with Gasteiger partial charge in [0.25, 0.3) is 5.69 Å². The molecule has 1 aliphatic carbocycles. The number of anilines is 1. The number of hydrogen-bond acceptors (Lipinski definition) is 8. The fourth-order valence-corrected chi connectivity index (χ4v) is 3.82. The van der Waals surface area contributed by atoms with Crippen LogP contribution >= 0.6 is 0 Å². The second-order valence-corrected chi connectivity index (χ2v) is 7.38. The fraction of sp³-hybridized carbons (Fsp3) is 0.0588. The van der Waals surface area contributed by atoms with Crippen molar-refractivity contribution in [1.82, 2.24) is 9.97 Å². The highest BCUT2D eigenvalue weighted by molar-refractivity contribution is 7.87. The minimum absolute atomic E-state index is 0.112. The number of non-ortho nitro benzene ring substituents is 1. The standard InChI is InChI=1S/C17H12N4O5S/c18-17-19-15-13-4-2-1-3-10(13)9-14(15)16(20-17)26-27(24,25)12-7-5-11(6-8-12)21(22)23/h1-8H,9H2,(H2,18,19,20). The van der Waals surface area contributed by atoms with Gasteiger partial charge in [-0.15, -0.1) is 0 Å². The molecule has 2 N–H and O–H groups in total. The number of nitrogens with zero attached hydrogens (tertiary/aromatic N) is 3. The van der Waals surface area contributed by atoms with Gasteiger partial charge in [-0.1, -0.05) is 24.3 Å². The van der Waals surface area contributed by atoms with E-state index in [0.29, 0.717) is 17.7 Å². The van der Waals surface area contributed by atoms with Gasteiger partial charge in [0.15, 0.2) is 0 Å². The van der Waals surface area contributed by atoms with Crippen molar-refractivity contribution in [2.75, 3.05) is 5.73 Å². The number of fused-ring (bicyclic) bond motifs is 3. The van der Waals surface area contributed by atoms with Crippen LogP contribution in [0.1, 0.15) is 11.1 Å². The lowest BCUT2D eigenvalue weighted by Gasteiger charge is -2.10. The summed E-state index contributed by atoms with van der Waals surface area (Å²) in [6.45, 7) is 0. The molecule has 0 bridgehead atoms. The molecular formula is C17H12N4O5S. The van der Waals surface area contributed by atoms with Gasteiger partial charge in [-0.05, 0) is 17.7 Å². The van der Waals surface area contributed by atoms with Crippen molar-refractivity contribution < 1.29 is 17.5 Å². The zero-order valence-electron chi connectivity index (χ0n) is 13.7. The van der Waals surface area contributed by atoms with E-state index in [2.05, 4.69) is 9.97 Å². The van der Waals surface area contributed by atoms with Crippen LogP contribution in [0.25, 0.3) is 11.3 Å². The molecule has 3 aromatic rings. The van der Waals surface area contributed by atoms with Gasteiger partial charge in [-0.2, -0.15) is 13.4 Å². The molecule has 1 aromatic heterocycles. The van der Waals surface area contributed by atoms with Crippen molar-refractivity contribution in [3.05, 3.63) is 69.8 Å². The number of nitrogen functional groups attached to an aromatic ring is 1. The maximum Gasteiger partial charge on any atom is 0.340 e. The molecule has 0 atom stereocenters. The number of rotatable bonds is 4. The minimum Gasteiger partial charge on any atom is -0.368 e. The third-order valence-electron chi connectivity index (χ3n) is 4.15. The van der Waals surface area contributed by atoms with Gasteiger partial charge in [-0.3, -0.25) is 10.1 Å². The SMILES string of the molecule is Nc1nc(OS(=O)(=O)c2ccc([N+](=O)[O-])cc2)c2c(n1)-c1ccccc1C2. The highest BCUT2D eigenvalue weighted by atomic mass is 32.2. The number of nitro groups is 1. The van der Waals surface area contributed by atoms with E-state index >= 15 is 0 Å². The van der Waals surface area contributed by atoms with Crippen LogP contribution in [-0.4, -0.2) is 23.3 Å². The van der Waals surface area contributed by atoms with Crippen molar-refractivity contribution in [2.45, 2.75) is 11.3 Å². The van der Waals surface area contributed by atoms with Crippen LogP contribution in [0, 0.1) is 10.1 Å². The fourth-order valence-electron chi connectivity index (χ4n) is 2.91. The number of nitrogens with two attached hydrogens (primary N) is 1. The Morgan fingerprint density at radius 1 is 1.07 bits per heavy atom. The molecule has 10 heteroatoms. The molecule has 0 unspecified atom stereocenters. The number of benzene rings is 2. The summed E-state index contributed by atoms with van der Waals surface area (Å²) in [6.07, 6.45) is 0.414. The summed E-state index contributed by atoms with van der Waals surface area (Å²) in [6, 6.07) is 11.9. The van der Waals surface area contributed by atoms with E-state index in [1.54, 1.807) is 0 Å². The number of aromatic nitrogens is 2. The Morgan fingerprint density at radius 2 is 1.78 bits per heavy atom. The van der Waals surface area contributed by atoms with Gasteiger partial charge in [0, 0.05) is 29.7 Å². The van der Waals surface area contributed by atoms with Crippen LogP contribution in [-0.2, 0) is 16.5 Å². The Labute approximate surface area is 153 Å². The Bertz CT molecular complexity index is 1180. The Hall–Kier alpha value is -3.53. The molecule has 0 radical (unpaired) electrons. The summed E-state index contributed by atoms with van der Waals surface area (Å²) in [5, 5.41) is 10.7. The maximum atomic E-state index is 12.6. The first-order valence-corrected chi connectivity index (χ1v) is 9.19. The van der Waals surface area contributed by atoms with Gasteiger partial charge in [0.1, 0.15) is 4.90 Å². The monoisotopic (exact) mass is 384 g/mol. The summed E-state index contributed by atoms with van der Waals surface area (Å²) < 4.78 is 30.4. The zero-order valence-corrected chi connectivity index (χ0v) is 14.5. The molecular weight excluding hydrogens is 372 g/mol. The summed E-state index contributed by atoms with van der Waals surface area (Å²) >= 11 is 0. The van der Waals surface area contributed by atoms with Crippen LogP contribution in [0.15, 0.2) is 53.4 Å². The smallest absolute Gasteiger partial charge is 0.340 e. The second kappa shape index (κ2) is 6.02. The Morgan fingerprint density at radius 3 is 2.48 bits per heavy atom. The molecule has 136 valence electrons. The van der Waals surface area contributed by atoms with Crippen molar-refractivity contribution >= 4 is 21.8 Å². The van der Waals surface area contributed by atoms with E-state index in [1.165, 1.54) is 0 Å². The molecule has 0 amide bonds. The molecule has 4 rings (SSSR count). The van der Waals surface area contributed by atoms with Gasteiger partial charge in [0.2, 0.25) is 11.8 Å². The molecule has 1 heterocycles. The highest BCUT2D eigenvalue weighted by Crippen LogP contribution is 2.40. The first-order chi connectivity index (χ1) is 12.8. The van der Waals surface area contributed by atoms with Crippen LogP contribution in [0.4, 0.5) is 11.6 Å². The minimum atomic E-state index is -4.25. The molecule has 9 nitrogen and oxygen atoms in total. The van der Waals surface area contributed by atoms with Crippen LogP contribution in [0.3, 0.4) is 0 Å². The van der Waals surface area contributed by atoms with E-state index in [-0.39, 0.29) is 22.4 Å². The van der Waals surface area contributed by atoms with Gasteiger partial charge < -0.3 is 9.92 Å². The second-order valence-electron chi connectivity index (χ2n) is 5.84. The van der Waals surface area contributed by atoms with E-state index in [0.717, 1.165) is 35.4 Å². The molecule has 0 fully saturated rings. The first kappa shape index (κ1) is 16.9. The topological polar surface area (TPSA) is 138 Å². The van der Waals surface area contributed by atoms with Crippen LogP contribution < -0.4 is 9.92 Å². The Kier molecular flexibility index (Phi) is 3.77. The largest absolute Gasteiger partial charge is 0.368 e. The summed E-state index contributed by atoms with van der Waals surface area (Å²) in [5.41, 5.74) is 8.37. The molecule has 0 aliphatic heterocycles. The van der Waals surface area contributed by atoms with Crippen LogP contribution in [0.2, 0.25) is 0 Å². The molecule has 0 spiro atoms. The predicted octanol–water partition coefficient (Wildman–Crippen LogP) is 2.31. The van der Waals surface area contributed by atoms with Crippen molar-refractivity contribution in [3.8, 4) is 17.1 Å². The summed E-state index contributed by atoms with van der Waals surface area (Å²) in [7, 11) is -4.25. The van der Waals surface area contributed by atoms with Gasteiger partial charge >= 0.3 is 10.1 Å². The molecule has 0 saturated heterocycles. The normalized spacial score (nSPS) is 12.3. The van der Waals surface area contributed by atoms with Crippen LogP contribution in [0.5, 0.6) is 5.88 Å². The lowest BCUT2D eigenvalue weighted by atomic mass is 10.1. The molecule has 0 saturated carbocycles. The molecule has 2 aromatic carbocycles. The molecule has 1 aliphatic rings. The average molecular weight is 384 g/mol. The maximum absolute atomic E-state index is 12.6. The van der Waals surface area contributed by atoms with E-state index < -0.39 is 15.0 Å². The highest BCUT2D eigenvalue weighted by Gasteiger charge is 2.28. The predicted molar refractivity (Wildman–Crippen MR) is 95.6 cm³/mol. The number of nitro benzene ring substituents is 1. The third-order valence-corrected chi connectivity index (χ3v) is 5.38. The quantitative estimate of drug-likeness (QED) is 0.321. The lowest BCUT2D eigenvalue weighted by Crippen LogP contribution is -2.13. The summed E-state index contributed by atoms with van der Waals surface area (Å²) in [5.74, 6) is -0.258. The van der Waals surface area contributed by atoms with Gasteiger partial charge in [-0.25, -0.2) is 4.98 Å². The first-order valence-electron chi connectivity index (χ1n) is 7.79. The van der Waals surface area contributed by atoms with Gasteiger partial charge in [0.05, 0.1) is 10.6 Å². The number of hydrogen-bond donors (Lipinski definition) is 1. The van der Waals surface area contributed by atoms with Crippen molar-refractivity contribution in [2.24, 2.45) is 0 Å². The van der Waals surface area contributed by atoms with E-state index in [1.807, 2.05) is 24.3 Å². The Balaban J connectivity index is 1.73. The third kappa shape index (κ3) is 2.95. The summed E-state index contributed by atoms with van der Waals surface area (Å²) in [4.78, 5) is 18.0. The van der Waals surface area contributed by atoms with E-state index in [4.69, 9.17) is 9.92 Å². The van der Waals surface area contributed by atoms with E-state index in [9.17, 15) is 18.5 Å².